The standard InChI is InChI=1S/C19H29N3O2S/c1-13(2)18(20)19(24)21-11-17(23)22-15-7-5-6-14(10-15)12-25-16-8-3-4-9-16/h5-7,10,13,16,18H,3-4,8-9,11-12,20H2,1-2H3,(H,21,24)(H,22,23)/t18-/m0/s1. The van der Waals surface area contributed by atoms with Crippen LogP contribution in [0.4, 0.5) is 5.69 Å². The molecule has 0 unspecified atom stereocenters. The van der Waals surface area contributed by atoms with Gasteiger partial charge in [0.15, 0.2) is 0 Å². The number of hydrogen-bond acceptors (Lipinski definition) is 4. The van der Waals surface area contributed by atoms with Gasteiger partial charge in [0.25, 0.3) is 0 Å². The molecule has 1 saturated carbocycles. The Morgan fingerprint density at radius 2 is 2.00 bits per heavy atom. The summed E-state index contributed by atoms with van der Waals surface area (Å²) in [7, 11) is 0. The van der Waals surface area contributed by atoms with Gasteiger partial charge in [-0.15, -0.1) is 0 Å². The minimum Gasteiger partial charge on any atom is -0.346 e. The van der Waals surface area contributed by atoms with Gasteiger partial charge in [-0.3, -0.25) is 9.59 Å². The van der Waals surface area contributed by atoms with E-state index in [1.165, 1.54) is 31.2 Å². The molecule has 0 bridgehead atoms. The van der Waals surface area contributed by atoms with Gasteiger partial charge in [0, 0.05) is 16.7 Å². The number of nitrogens with two attached hydrogens (primary N) is 1. The van der Waals surface area contributed by atoms with E-state index in [0.717, 1.165) is 16.7 Å². The first-order valence-corrected chi connectivity index (χ1v) is 10.0. The Morgan fingerprint density at radius 3 is 2.68 bits per heavy atom. The summed E-state index contributed by atoms with van der Waals surface area (Å²) in [4.78, 5) is 23.8. The smallest absolute Gasteiger partial charge is 0.243 e. The van der Waals surface area contributed by atoms with Crippen molar-refractivity contribution >= 4 is 29.3 Å². The van der Waals surface area contributed by atoms with Crippen molar-refractivity contribution in [3.8, 4) is 0 Å². The molecule has 138 valence electrons. The molecule has 0 spiro atoms. The Morgan fingerprint density at radius 1 is 1.28 bits per heavy atom. The second kappa shape index (κ2) is 9.82. The van der Waals surface area contributed by atoms with Crippen LogP contribution in [-0.2, 0) is 15.3 Å². The lowest BCUT2D eigenvalue weighted by Crippen LogP contribution is -2.46. The first-order valence-electron chi connectivity index (χ1n) is 8.99. The Hall–Kier alpha value is -1.53. The molecular formula is C19H29N3O2S. The van der Waals surface area contributed by atoms with Crippen molar-refractivity contribution < 1.29 is 9.59 Å². The van der Waals surface area contributed by atoms with E-state index in [1.54, 1.807) is 0 Å². The molecule has 4 N–H and O–H groups in total. The molecule has 0 heterocycles. The fraction of sp³-hybridized carbons (Fsp3) is 0.579. The maximum absolute atomic E-state index is 12.0. The third kappa shape index (κ3) is 6.71. The molecule has 0 aromatic heterocycles. The van der Waals surface area contributed by atoms with Gasteiger partial charge < -0.3 is 16.4 Å². The van der Waals surface area contributed by atoms with Crippen LogP contribution in [0.2, 0.25) is 0 Å². The molecule has 1 aliphatic rings. The summed E-state index contributed by atoms with van der Waals surface area (Å²) in [6.07, 6.45) is 5.33. The van der Waals surface area contributed by atoms with Gasteiger partial charge in [0.2, 0.25) is 11.8 Å². The van der Waals surface area contributed by atoms with Crippen LogP contribution >= 0.6 is 11.8 Å². The van der Waals surface area contributed by atoms with E-state index in [2.05, 4.69) is 16.7 Å². The van der Waals surface area contributed by atoms with Crippen LogP contribution in [-0.4, -0.2) is 29.7 Å². The average Bonchev–Trinajstić information content (AvgIpc) is 3.11. The van der Waals surface area contributed by atoms with E-state index in [1.807, 2.05) is 43.8 Å². The molecule has 1 aliphatic carbocycles. The van der Waals surface area contributed by atoms with E-state index in [4.69, 9.17) is 5.73 Å². The molecule has 1 atom stereocenters. The highest BCUT2D eigenvalue weighted by Crippen LogP contribution is 2.31. The maximum Gasteiger partial charge on any atom is 0.243 e. The summed E-state index contributed by atoms with van der Waals surface area (Å²) in [5.41, 5.74) is 7.73. The fourth-order valence-electron chi connectivity index (χ4n) is 2.80. The van der Waals surface area contributed by atoms with Gasteiger partial charge in [0.05, 0.1) is 12.6 Å². The van der Waals surface area contributed by atoms with Gasteiger partial charge >= 0.3 is 0 Å². The van der Waals surface area contributed by atoms with E-state index in [9.17, 15) is 9.59 Å². The van der Waals surface area contributed by atoms with Crippen LogP contribution in [0.5, 0.6) is 0 Å². The summed E-state index contributed by atoms with van der Waals surface area (Å²) in [5.74, 6) is 0.461. The third-order valence-corrected chi connectivity index (χ3v) is 5.89. The summed E-state index contributed by atoms with van der Waals surface area (Å²) >= 11 is 2.00. The second-order valence-electron chi connectivity index (χ2n) is 6.95. The molecule has 6 heteroatoms. The lowest BCUT2D eigenvalue weighted by Gasteiger charge is -2.15. The van der Waals surface area contributed by atoms with Crippen LogP contribution in [0.1, 0.15) is 45.1 Å². The van der Waals surface area contributed by atoms with Gasteiger partial charge in [-0.2, -0.15) is 11.8 Å². The zero-order valence-corrected chi connectivity index (χ0v) is 15.9. The van der Waals surface area contributed by atoms with Gasteiger partial charge in [-0.05, 0) is 36.5 Å². The van der Waals surface area contributed by atoms with Crippen molar-refractivity contribution in [1.82, 2.24) is 5.32 Å². The number of thioether (sulfide) groups is 1. The third-order valence-electron chi connectivity index (χ3n) is 4.44. The Bertz CT molecular complexity index is 586. The maximum atomic E-state index is 12.0. The monoisotopic (exact) mass is 363 g/mol. The van der Waals surface area contributed by atoms with Crippen LogP contribution in [0.25, 0.3) is 0 Å². The summed E-state index contributed by atoms with van der Waals surface area (Å²) in [6, 6.07) is 7.31. The largest absolute Gasteiger partial charge is 0.346 e. The zero-order valence-electron chi connectivity index (χ0n) is 15.1. The van der Waals surface area contributed by atoms with Crippen molar-refractivity contribution in [3.05, 3.63) is 29.8 Å². The van der Waals surface area contributed by atoms with Crippen molar-refractivity contribution in [2.24, 2.45) is 11.7 Å². The lowest BCUT2D eigenvalue weighted by atomic mass is 10.1. The number of benzene rings is 1. The number of hydrogen-bond donors (Lipinski definition) is 3. The predicted octanol–water partition coefficient (Wildman–Crippen LogP) is 2.90. The highest BCUT2D eigenvalue weighted by molar-refractivity contribution is 7.99. The number of carbonyl (C=O) groups is 2. The number of carbonyl (C=O) groups excluding carboxylic acids is 2. The molecule has 0 radical (unpaired) electrons. The fourth-order valence-corrected chi connectivity index (χ4v) is 4.08. The second-order valence-corrected chi connectivity index (χ2v) is 8.24. The van der Waals surface area contributed by atoms with Crippen LogP contribution < -0.4 is 16.4 Å². The predicted molar refractivity (Wildman–Crippen MR) is 104 cm³/mol. The topological polar surface area (TPSA) is 84.2 Å². The average molecular weight is 364 g/mol. The van der Waals surface area contributed by atoms with E-state index in [0.29, 0.717) is 0 Å². The summed E-state index contributed by atoms with van der Waals surface area (Å²) in [5, 5.41) is 6.19. The van der Waals surface area contributed by atoms with Crippen molar-refractivity contribution in [1.29, 1.82) is 0 Å². The molecule has 25 heavy (non-hydrogen) atoms. The van der Waals surface area contributed by atoms with E-state index >= 15 is 0 Å². The van der Waals surface area contributed by atoms with Gasteiger partial charge in [-0.1, -0.05) is 38.8 Å². The van der Waals surface area contributed by atoms with Crippen molar-refractivity contribution in [2.45, 2.75) is 56.6 Å². The van der Waals surface area contributed by atoms with E-state index in [-0.39, 0.29) is 24.3 Å². The van der Waals surface area contributed by atoms with Crippen LogP contribution in [0, 0.1) is 5.92 Å². The normalized spacial score (nSPS) is 16.0. The minimum atomic E-state index is -0.594. The summed E-state index contributed by atoms with van der Waals surface area (Å²) < 4.78 is 0. The van der Waals surface area contributed by atoms with Gasteiger partial charge in [0.1, 0.15) is 0 Å². The quantitative estimate of drug-likeness (QED) is 0.663. The Balaban J connectivity index is 1.78. The number of amides is 2. The van der Waals surface area contributed by atoms with Gasteiger partial charge in [-0.25, -0.2) is 0 Å². The first-order chi connectivity index (χ1) is 12.0. The lowest BCUT2D eigenvalue weighted by molar-refractivity contribution is -0.125. The number of anilines is 1. The Kier molecular flexibility index (Phi) is 7.78. The van der Waals surface area contributed by atoms with Crippen LogP contribution in [0.3, 0.4) is 0 Å². The molecule has 0 aliphatic heterocycles. The molecule has 1 fully saturated rings. The van der Waals surface area contributed by atoms with Crippen molar-refractivity contribution in [2.75, 3.05) is 11.9 Å². The highest BCUT2D eigenvalue weighted by Gasteiger charge is 2.18. The highest BCUT2D eigenvalue weighted by atomic mass is 32.2. The van der Waals surface area contributed by atoms with Crippen LogP contribution in [0.15, 0.2) is 24.3 Å². The Labute approximate surface area is 154 Å². The molecule has 2 amide bonds. The van der Waals surface area contributed by atoms with Crippen molar-refractivity contribution in [3.63, 3.8) is 0 Å². The SMILES string of the molecule is CC(C)[C@H](N)C(=O)NCC(=O)Nc1cccc(CSC2CCCC2)c1. The molecule has 5 nitrogen and oxygen atoms in total. The number of nitrogens with one attached hydrogen (secondary N) is 2. The molecule has 0 saturated heterocycles. The minimum absolute atomic E-state index is 0.0390. The number of rotatable bonds is 8. The molecule has 1 aromatic rings. The molecule has 1 aromatic carbocycles. The zero-order chi connectivity index (χ0) is 18.2. The molecule has 2 rings (SSSR count). The first kappa shape index (κ1) is 19.8. The van der Waals surface area contributed by atoms with E-state index < -0.39 is 6.04 Å². The summed E-state index contributed by atoms with van der Waals surface area (Å²) in [6.45, 7) is 3.68. The molecular weight excluding hydrogens is 334 g/mol.